The number of hydrogen-bond donors (Lipinski definition) is 2. The Kier molecular flexibility index (Phi) is 3.46. The van der Waals surface area contributed by atoms with Gasteiger partial charge in [-0.05, 0) is 37.6 Å². The summed E-state index contributed by atoms with van der Waals surface area (Å²) in [6.07, 6.45) is 0.991. The number of halogens is 1. The van der Waals surface area contributed by atoms with E-state index in [9.17, 15) is 4.79 Å². The Hall–Kier alpha value is -1.06. The molecular formula is C12H15ClN2O. The molecule has 4 heteroatoms. The maximum absolute atomic E-state index is 12.0. The van der Waals surface area contributed by atoms with Crippen LogP contribution in [0.4, 0.5) is 0 Å². The molecule has 1 fully saturated rings. The smallest absolute Gasteiger partial charge is 0.251 e. The fourth-order valence-corrected chi connectivity index (χ4v) is 2.05. The normalized spacial score (nSPS) is 19.8. The Balaban J connectivity index is 2.10. The molecule has 2 rings (SSSR count). The lowest BCUT2D eigenvalue weighted by Gasteiger charge is -2.12. The van der Waals surface area contributed by atoms with Gasteiger partial charge in [-0.1, -0.05) is 17.7 Å². The number of carbonyl (C=O) groups excluding carboxylic acids is 1. The molecule has 86 valence electrons. The second kappa shape index (κ2) is 4.85. The van der Waals surface area contributed by atoms with Gasteiger partial charge in [0.05, 0.1) is 0 Å². The highest BCUT2D eigenvalue weighted by molar-refractivity contribution is 6.31. The number of benzene rings is 1. The Morgan fingerprint density at radius 2 is 2.38 bits per heavy atom. The van der Waals surface area contributed by atoms with Crippen LogP contribution in [0, 0.1) is 6.92 Å². The van der Waals surface area contributed by atoms with Crippen LogP contribution in [0.3, 0.4) is 0 Å². The molecule has 16 heavy (non-hydrogen) atoms. The van der Waals surface area contributed by atoms with Gasteiger partial charge < -0.3 is 10.6 Å². The number of carbonyl (C=O) groups is 1. The Labute approximate surface area is 100 Å². The highest BCUT2D eigenvalue weighted by atomic mass is 35.5. The van der Waals surface area contributed by atoms with Gasteiger partial charge in [-0.15, -0.1) is 0 Å². The molecule has 3 nitrogen and oxygen atoms in total. The Morgan fingerprint density at radius 1 is 1.56 bits per heavy atom. The molecule has 0 aliphatic carbocycles. The summed E-state index contributed by atoms with van der Waals surface area (Å²) in [5.74, 6) is -0.0336. The first-order valence-electron chi connectivity index (χ1n) is 5.44. The zero-order valence-corrected chi connectivity index (χ0v) is 9.97. The molecule has 0 spiro atoms. The van der Waals surface area contributed by atoms with Gasteiger partial charge in [-0.25, -0.2) is 0 Å². The van der Waals surface area contributed by atoms with Crippen LogP contribution in [-0.2, 0) is 0 Å². The third-order valence-electron chi connectivity index (χ3n) is 2.84. The van der Waals surface area contributed by atoms with Crippen molar-refractivity contribution < 1.29 is 4.79 Å². The molecular weight excluding hydrogens is 224 g/mol. The van der Waals surface area contributed by atoms with Gasteiger partial charge in [0.25, 0.3) is 5.91 Å². The van der Waals surface area contributed by atoms with Crippen molar-refractivity contribution in [2.45, 2.75) is 19.4 Å². The second-order valence-corrected chi connectivity index (χ2v) is 4.56. The van der Waals surface area contributed by atoms with Crippen LogP contribution < -0.4 is 10.6 Å². The summed E-state index contributed by atoms with van der Waals surface area (Å²) >= 11 is 5.89. The van der Waals surface area contributed by atoms with Crippen molar-refractivity contribution in [3.8, 4) is 0 Å². The lowest BCUT2D eigenvalue weighted by atomic mass is 10.1. The molecule has 1 aromatic rings. The van der Waals surface area contributed by atoms with Crippen molar-refractivity contribution in [1.29, 1.82) is 0 Å². The van der Waals surface area contributed by atoms with Crippen molar-refractivity contribution >= 4 is 17.5 Å². The maximum Gasteiger partial charge on any atom is 0.251 e. The summed E-state index contributed by atoms with van der Waals surface area (Å²) in [6.45, 7) is 3.74. The van der Waals surface area contributed by atoms with E-state index in [-0.39, 0.29) is 11.9 Å². The molecule has 1 aliphatic rings. The van der Waals surface area contributed by atoms with E-state index in [1.165, 1.54) is 0 Å². The van der Waals surface area contributed by atoms with Crippen LogP contribution in [0.5, 0.6) is 0 Å². The first-order chi connectivity index (χ1) is 7.66. The molecule has 2 N–H and O–H groups in total. The number of hydrogen-bond acceptors (Lipinski definition) is 2. The molecule has 0 aromatic heterocycles. The molecule has 1 atom stereocenters. The van der Waals surface area contributed by atoms with Crippen LogP contribution in [-0.4, -0.2) is 25.0 Å². The zero-order valence-electron chi connectivity index (χ0n) is 9.22. The molecule has 1 heterocycles. The van der Waals surface area contributed by atoms with E-state index in [1.807, 2.05) is 13.0 Å². The average Bonchev–Trinajstić information content (AvgIpc) is 2.74. The van der Waals surface area contributed by atoms with E-state index in [4.69, 9.17) is 11.6 Å². The molecule has 0 saturated carbocycles. The SMILES string of the molecule is Cc1ccc(Cl)cc1C(=O)N[C@@H]1CCNC1. The van der Waals surface area contributed by atoms with Crippen LogP contribution in [0.25, 0.3) is 0 Å². The van der Waals surface area contributed by atoms with Crippen LogP contribution in [0.1, 0.15) is 22.3 Å². The first kappa shape index (κ1) is 11.4. The number of rotatable bonds is 2. The van der Waals surface area contributed by atoms with Gasteiger partial charge in [0.1, 0.15) is 0 Å². The first-order valence-corrected chi connectivity index (χ1v) is 5.82. The van der Waals surface area contributed by atoms with Gasteiger partial charge in [-0.3, -0.25) is 4.79 Å². The van der Waals surface area contributed by atoms with Gasteiger partial charge in [0, 0.05) is 23.2 Å². The van der Waals surface area contributed by atoms with Gasteiger partial charge >= 0.3 is 0 Å². The summed E-state index contributed by atoms with van der Waals surface area (Å²) in [5, 5.41) is 6.81. The number of amides is 1. The van der Waals surface area contributed by atoms with Crippen molar-refractivity contribution in [2.75, 3.05) is 13.1 Å². The van der Waals surface area contributed by atoms with Crippen molar-refractivity contribution in [3.05, 3.63) is 34.3 Å². The predicted octanol–water partition coefficient (Wildman–Crippen LogP) is 1.74. The minimum Gasteiger partial charge on any atom is -0.348 e. The fourth-order valence-electron chi connectivity index (χ4n) is 1.88. The van der Waals surface area contributed by atoms with E-state index in [1.54, 1.807) is 12.1 Å². The fraction of sp³-hybridized carbons (Fsp3) is 0.417. The molecule has 1 saturated heterocycles. The van der Waals surface area contributed by atoms with E-state index >= 15 is 0 Å². The van der Waals surface area contributed by atoms with E-state index in [0.29, 0.717) is 10.6 Å². The van der Waals surface area contributed by atoms with E-state index in [0.717, 1.165) is 25.1 Å². The van der Waals surface area contributed by atoms with E-state index in [2.05, 4.69) is 10.6 Å². The highest BCUT2D eigenvalue weighted by Gasteiger charge is 2.18. The molecule has 0 unspecified atom stereocenters. The van der Waals surface area contributed by atoms with Crippen LogP contribution >= 0.6 is 11.6 Å². The van der Waals surface area contributed by atoms with Crippen LogP contribution in [0.15, 0.2) is 18.2 Å². The van der Waals surface area contributed by atoms with E-state index < -0.39 is 0 Å². The zero-order chi connectivity index (χ0) is 11.5. The average molecular weight is 239 g/mol. The van der Waals surface area contributed by atoms with Gasteiger partial charge in [0.2, 0.25) is 0 Å². The topological polar surface area (TPSA) is 41.1 Å². The minimum absolute atomic E-state index is 0.0336. The largest absolute Gasteiger partial charge is 0.348 e. The van der Waals surface area contributed by atoms with Crippen LogP contribution in [0.2, 0.25) is 5.02 Å². The summed E-state index contributed by atoms with van der Waals surface area (Å²) in [5.41, 5.74) is 1.62. The highest BCUT2D eigenvalue weighted by Crippen LogP contribution is 2.15. The molecule has 1 aliphatic heterocycles. The third-order valence-corrected chi connectivity index (χ3v) is 3.07. The summed E-state index contributed by atoms with van der Waals surface area (Å²) < 4.78 is 0. The van der Waals surface area contributed by atoms with Gasteiger partial charge in [-0.2, -0.15) is 0 Å². The van der Waals surface area contributed by atoms with Crippen molar-refractivity contribution in [3.63, 3.8) is 0 Å². The Morgan fingerprint density at radius 3 is 3.06 bits per heavy atom. The number of nitrogens with one attached hydrogen (secondary N) is 2. The van der Waals surface area contributed by atoms with Gasteiger partial charge in [0.15, 0.2) is 0 Å². The predicted molar refractivity (Wildman–Crippen MR) is 64.9 cm³/mol. The second-order valence-electron chi connectivity index (χ2n) is 4.12. The van der Waals surface area contributed by atoms with Crippen molar-refractivity contribution in [2.24, 2.45) is 0 Å². The molecule has 0 bridgehead atoms. The van der Waals surface area contributed by atoms with Crippen molar-refractivity contribution in [1.82, 2.24) is 10.6 Å². The monoisotopic (exact) mass is 238 g/mol. The Bertz CT molecular complexity index is 400. The standard InChI is InChI=1S/C12H15ClN2O/c1-8-2-3-9(13)6-11(8)12(16)15-10-4-5-14-7-10/h2-3,6,10,14H,4-5,7H2,1H3,(H,15,16)/t10-/m1/s1. The summed E-state index contributed by atoms with van der Waals surface area (Å²) in [6, 6.07) is 5.62. The lowest BCUT2D eigenvalue weighted by Crippen LogP contribution is -2.36. The summed E-state index contributed by atoms with van der Waals surface area (Å²) in [7, 11) is 0. The number of aryl methyl sites for hydroxylation is 1. The molecule has 0 radical (unpaired) electrons. The summed E-state index contributed by atoms with van der Waals surface area (Å²) in [4.78, 5) is 12.0. The maximum atomic E-state index is 12.0. The quantitative estimate of drug-likeness (QED) is 0.824. The molecule has 1 amide bonds. The lowest BCUT2D eigenvalue weighted by molar-refractivity contribution is 0.0939. The third kappa shape index (κ3) is 2.54. The minimum atomic E-state index is -0.0336. The molecule has 1 aromatic carbocycles.